The lowest BCUT2D eigenvalue weighted by molar-refractivity contribution is -0.137. The fraction of sp³-hybridized carbons (Fsp3) is 0.394. The first-order chi connectivity index (χ1) is 21.0. The third kappa shape index (κ3) is 6.37. The summed E-state index contributed by atoms with van der Waals surface area (Å²) < 4.78 is 13.4. The summed E-state index contributed by atoms with van der Waals surface area (Å²) in [6.45, 7) is 10.4. The molecule has 0 fully saturated rings. The van der Waals surface area contributed by atoms with Gasteiger partial charge in [0.1, 0.15) is 22.5 Å². The Kier molecular flexibility index (Phi) is 9.12. The molecule has 0 atom stereocenters. The molecule has 1 aliphatic rings. The summed E-state index contributed by atoms with van der Waals surface area (Å²) in [6.07, 6.45) is 4.11. The Balaban J connectivity index is 1.26. The molecule has 0 saturated carbocycles. The Hall–Kier alpha value is -4.15. The minimum atomic E-state index is -1.17. The SMILES string of the molecule is CCN1C(=O)C(C)(C)C(=O)N(C)c2cc(OCCCN(CCn3ccc4oc(C)cc4c3=O)Cc3ccc(Cl)cn3)ccc21. The van der Waals surface area contributed by atoms with E-state index >= 15 is 0 Å². The molecule has 44 heavy (non-hydrogen) atoms. The van der Waals surface area contributed by atoms with Gasteiger partial charge in [-0.2, -0.15) is 0 Å². The van der Waals surface area contributed by atoms with Crippen LogP contribution in [0, 0.1) is 12.3 Å². The Bertz CT molecular complexity index is 1730. The molecule has 0 radical (unpaired) electrons. The van der Waals surface area contributed by atoms with Gasteiger partial charge in [0, 0.05) is 58.2 Å². The number of fused-ring (bicyclic) bond motifs is 2. The number of anilines is 2. The van der Waals surface area contributed by atoms with Gasteiger partial charge in [-0.05, 0) is 70.5 Å². The number of benzene rings is 1. The van der Waals surface area contributed by atoms with Gasteiger partial charge in [0.05, 0.1) is 34.1 Å². The van der Waals surface area contributed by atoms with Crippen LogP contribution in [-0.2, 0) is 22.7 Å². The molecule has 1 aliphatic heterocycles. The highest BCUT2D eigenvalue weighted by molar-refractivity contribution is 6.30. The lowest BCUT2D eigenvalue weighted by Gasteiger charge is -2.27. The first-order valence-corrected chi connectivity index (χ1v) is 15.2. The zero-order valence-electron chi connectivity index (χ0n) is 25.8. The maximum absolute atomic E-state index is 13.2. The monoisotopic (exact) mass is 619 g/mol. The van der Waals surface area contributed by atoms with E-state index in [-0.39, 0.29) is 17.4 Å². The molecule has 5 rings (SSSR count). The second-order valence-electron chi connectivity index (χ2n) is 11.6. The first kappa shape index (κ1) is 31.3. The van der Waals surface area contributed by atoms with Crippen LogP contribution in [0.2, 0.25) is 5.02 Å². The molecule has 0 bridgehead atoms. The van der Waals surface area contributed by atoms with E-state index in [2.05, 4.69) is 9.88 Å². The number of nitrogens with zero attached hydrogens (tertiary/aromatic N) is 5. The quantitative estimate of drug-likeness (QED) is 0.166. The van der Waals surface area contributed by atoms with Crippen LogP contribution in [0.4, 0.5) is 11.4 Å². The highest BCUT2D eigenvalue weighted by Crippen LogP contribution is 2.40. The summed E-state index contributed by atoms with van der Waals surface area (Å²) in [7, 11) is 1.69. The van der Waals surface area contributed by atoms with E-state index in [1.165, 1.54) is 0 Å². The van der Waals surface area contributed by atoms with Gasteiger partial charge in [-0.3, -0.25) is 24.3 Å². The van der Waals surface area contributed by atoms with Gasteiger partial charge in [0.2, 0.25) is 11.8 Å². The van der Waals surface area contributed by atoms with Gasteiger partial charge in [-0.1, -0.05) is 11.6 Å². The molecule has 4 aromatic rings. The lowest BCUT2D eigenvalue weighted by atomic mass is 9.90. The van der Waals surface area contributed by atoms with Crippen LogP contribution in [-0.4, -0.2) is 59.6 Å². The summed E-state index contributed by atoms with van der Waals surface area (Å²) in [6, 6.07) is 12.8. The third-order valence-electron chi connectivity index (χ3n) is 8.03. The molecule has 0 unspecified atom stereocenters. The number of aryl methyl sites for hydroxylation is 1. The molecule has 232 valence electrons. The molecule has 10 nitrogen and oxygen atoms in total. The molecule has 0 saturated heterocycles. The van der Waals surface area contributed by atoms with Crippen molar-refractivity contribution in [2.45, 2.75) is 47.2 Å². The fourth-order valence-corrected chi connectivity index (χ4v) is 5.69. The van der Waals surface area contributed by atoms with E-state index in [1.54, 1.807) is 53.7 Å². The van der Waals surface area contributed by atoms with Crippen LogP contribution in [0.1, 0.15) is 38.6 Å². The van der Waals surface area contributed by atoms with E-state index in [0.29, 0.717) is 84.6 Å². The van der Waals surface area contributed by atoms with Gasteiger partial charge in [0.25, 0.3) is 5.56 Å². The number of rotatable bonds is 11. The van der Waals surface area contributed by atoms with Crippen molar-refractivity contribution in [1.82, 2.24) is 14.5 Å². The van der Waals surface area contributed by atoms with Crippen molar-refractivity contribution >= 4 is 45.8 Å². The molecule has 11 heteroatoms. The number of hydrogen-bond donors (Lipinski definition) is 0. The summed E-state index contributed by atoms with van der Waals surface area (Å²) in [5, 5.41) is 1.15. The Morgan fingerprint density at radius 2 is 1.82 bits per heavy atom. The van der Waals surface area contributed by atoms with Gasteiger partial charge in [-0.15, -0.1) is 0 Å². The van der Waals surface area contributed by atoms with Crippen LogP contribution < -0.4 is 20.1 Å². The molecule has 2 amide bonds. The zero-order chi connectivity index (χ0) is 31.6. The number of carbonyl (C=O) groups excluding carboxylic acids is 2. The lowest BCUT2D eigenvalue weighted by Crippen LogP contribution is -2.47. The van der Waals surface area contributed by atoms with E-state index in [4.69, 9.17) is 20.8 Å². The van der Waals surface area contributed by atoms with E-state index in [9.17, 15) is 14.4 Å². The van der Waals surface area contributed by atoms with Crippen molar-refractivity contribution in [3.8, 4) is 5.75 Å². The van der Waals surface area contributed by atoms with Crippen molar-refractivity contribution in [1.29, 1.82) is 0 Å². The molecule has 4 heterocycles. The zero-order valence-corrected chi connectivity index (χ0v) is 26.6. The summed E-state index contributed by atoms with van der Waals surface area (Å²) in [4.78, 5) is 49.2. The highest BCUT2D eigenvalue weighted by Gasteiger charge is 2.45. The minimum Gasteiger partial charge on any atom is -0.493 e. The van der Waals surface area contributed by atoms with Gasteiger partial charge in [-0.25, -0.2) is 0 Å². The summed E-state index contributed by atoms with van der Waals surface area (Å²) >= 11 is 6.05. The highest BCUT2D eigenvalue weighted by atomic mass is 35.5. The normalized spacial score (nSPS) is 14.8. The van der Waals surface area contributed by atoms with Crippen LogP contribution in [0.5, 0.6) is 5.75 Å². The summed E-state index contributed by atoms with van der Waals surface area (Å²) in [5.41, 5.74) is 1.55. The Labute approximate surface area is 261 Å². The smallest absolute Gasteiger partial charge is 0.261 e. The van der Waals surface area contributed by atoms with Crippen LogP contribution in [0.25, 0.3) is 11.0 Å². The molecular formula is C33H38ClN5O5. The average Bonchev–Trinajstić information content (AvgIpc) is 3.38. The molecule has 0 aliphatic carbocycles. The number of hydrogen-bond acceptors (Lipinski definition) is 7. The number of furan rings is 1. The van der Waals surface area contributed by atoms with Gasteiger partial charge < -0.3 is 23.5 Å². The van der Waals surface area contributed by atoms with Crippen molar-refractivity contribution in [3.63, 3.8) is 0 Å². The van der Waals surface area contributed by atoms with Crippen LogP contribution >= 0.6 is 11.6 Å². The van der Waals surface area contributed by atoms with Gasteiger partial charge >= 0.3 is 0 Å². The second kappa shape index (κ2) is 12.8. The van der Waals surface area contributed by atoms with Crippen molar-refractivity contribution < 1.29 is 18.7 Å². The number of aromatic nitrogens is 2. The fourth-order valence-electron chi connectivity index (χ4n) is 5.58. The average molecular weight is 620 g/mol. The molecular weight excluding hydrogens is 582 g/mol. The standard InChI is InChI=1S/C33H38ClN5O5/c1-6-39-27-11-10-25(19-28(27)36(5)31(41)33(3,4)32(39)42)43-17-7-13-37(21-24-9-8-23(34)20-35-24)15-16-38-14-12-29-26(30(38)40)18-22(2)44-29/h8-12,14,18-20H,6-7,13,15-17,21H2,1-5H3. The van der Waals surface area contributed by atoms with E-state index in [1.807, 2.05) is 50.2 Å². The van der Waals surface area contributed by atoms with Crippen molar-refractivity contribution in [2.75, 3.05) is 43.1 Å². The molecule has 3 aromatic heterocycles. The van der Waals surface area contributed by atoms with Gasteiger partial charge in [0.15, 0.2) is 0 Å². The largest absolute Gasteiger partial charge is 0.493 e. The van der Waals surface area contributed by atoms with E-state index in [0.717, 1.165) is 5.69 Å². The Morgan fingerprint density at radius 3 is 2.55 bits per heavy atom. The van der Waals surface area contributed by atoms with Crippen molar-refractivity contribution in [3.05, 3.63) is 81.7 Å². The summed E-state index contributed by atoms with van der Waals surface area (Å²) in [5.74, 6) is 0.844. The molecule has 1 aromatic carbocycles. The maximum Gasteiger partial charge on any atom is 0.261 e. The van der Waals surface area contributed by atoms with Crippen LogP contribution in [0.3, 0.4) is 0 Å². The number of carbonyl (C=O) groups is 2. The number of ether oxygens (including phenoxy) is 1. The third-order valence-corrected chi connectivity index (χ3v) is 8.26. The maximum atomic E-state index is 13.2. The minimum absolute atomic E-state index is 0.0781. The number of amides is 2. The predicted octanol–water partition coefficient (Wildman–Crippen LogP) is 5.28. The Morgan fingerprint density at radius 1 is 1.02 bits per heavy atom. The van der Waals surface area contributed by atoms with Crippen LogP contribution in [0.15, 0.2) is 64.1 Å². The van der Waals surface area contributed by atoms with E-state index < -0.39 is 5.41 Å². The first-order valence-electron chi connectivity index (χ1n) is 14.8. The molecule has 0 N–H and O–H groups in total. The number of pyridine rings is 2. The predicted molar refractivity (Wildman–Crippen MR) is 172 cm³/mol. The topological polar surface area (TPSA) is 101 Å². The molecule has 0 spiro atoms. The van der Waals surface area contributed by atoms with Crippen molar-refractivity contribution in [2.24, 2.45) is 5.41 Å². The number of halogens is 1. The second-order valence-corrected chi connectivity index (χ2v) is 12.0.